The lowest BCUT2D eigenvalue weighted by Gasteiger charge is -2.38. The third kappa shape index (κ3) is 3.23. The summed E-state index contributed by atoms with van der Waals surface area (Å²) in [7, 11) is 0. The largest absolute Gasteiger partial charge is 0.489 e. The predicted molar refractivity (Wildman–Crippen MR) is 89.5 cm³/mol. The van der Waals surface area contributed by atoms with Gasteiger partial charge in [0.05, 0.1) is 13.2 Å². The molecule has 116 valence electrons. The van der Waals surface area contributed by atoms with Crippen LogP contribution in [0.4, 0.5) is 0 Å². The normalized spacial score (nSPS) is 26.0. The zero-order valence-corrected chi connectivity index (χ0v) is 14.6. The lowest BCUT2D eigenvalue weighted by molar-refractivity contribution is 0.212. The van der Waals surface area contributed by atoms with Crippen LogP contribution in [0.15, 0.2) is 18.2 Å². The van der Waals surface area contributed by atoms with E-state index < -0.39 is 0 Å². The van der Waals surface area contributed by atoms with Crippen LogP contribution in [-0.2, 0) is 0 Å². The van der Waals surface area contributed by atoms with E-state index in [9.17, 15) is 0 Å². The van der Waals surface area contributed by atoms with Gasteiger partial charge >= 0.3 is 0 Å². The van der Waals surface area contributed by atoms with E-state index in [0.717, 1.165) is 24.7 Å². The number of hydrogen-bond donors (Lipinski definition) is 0. The molecule has 2 nitrogen and oxygen atoms in total. The Kier molecular flexibility index (Phi) is 4.49. The van der Waals surface area contributed by atoms with Crippen molar-refractivity contribution in [1.82, 2.24) is 0 Å². The number of alkyl halides is 1. The predicted octanol–water partition coefficient (Wildman–Crippen LogP) is 5.50. The highest BCUT2D eigenvalue weighted by Gasteiger charge is 2.35. The molecule has 2 unspecified atom stereocenters. The first kappa shape index (κ1) is 15.2. The quantitative estimate of drug-likeness (QED) is 0.654. The molecule has 0 radical (unpaired) electrons. The molecular weight excluding hydrogens is 328 g/mol. The topological polar surface area (TPSA) is 18.5 Å². The van der Waals surface area contributed by atoms with E-state index in [1.165, 1.54) is 37.7 Å². The van der Waals surface area contributed by atoms with Gasteiger partial charge in [0.2, 0.25) is 0 Å². The van der Waals surface area contributed by atoms with Crippen LogP contribution in [0.2, 0.25) is 0 Å². The monoisotopic (exact) mass is 352 g/mol. The number of ether oxygens (including phenoxy) is 2. The molecule has 1 aliphatic carbocycles. The molecular formula is C18H25BrO2. The van der Waals surface area contributed by atoms with Crippen molar-refractivity contribution >= 4 is 15.9 Å². The van der Waals surface area contributed by atoms with E-state index in [0.29, 0.717) is 16.2 Å². The Balaban J connectivity index is 1.83. The number of rotatable bonds is 2. The number of fused-ring (bicyclic) bond motifs is 1. The van der Waals surface area contributed by atoms with E-state index in [2.05, 4.69) is 48.0 Å². The first-order chi connectivity index (χ1) is 10.1. The van der Waals surface area contributed by atoms with Crippen LogP contribution < -0.4 is 9.47 Å². The van der Waals surface area contributed by atoms with Gasteiger partial charge in [-0.2, -0.15) is 0 Å². The van der Waals surface area contributed by atoms with Crippen LogP contribution in [0, 0.1) is 11.3 Å². The van der Waals surface area contributed by atoms with E-state index in [-0.39, 0.29) is 0 Å². The van der Waals surface area contributed by atoms with E-state index >= 15 is 0 Å². The Labute approximate surface area is 136 Å². The molecule has 3 rings (SSSR count). The molecule has 1 saturated carbocycles. The third-order valence-electron chi connectivity index (χ3n) is 4.91. The van der Waals surface area contributed by atoms with Gasteiger partial charge in [-0.05, 0) is 36.0 Å². The van der Waals surface area contributed by atoms with Crippen molar-refractivity contribution in [2.45, 2.75) is 50.8 Å². The van der Waals surface area contributed by atoms with Crippen LogP contribution in [0.1, 0.15) is 56.3 Å². The maximum Gasteiger partial charge on any atom is 0.161 e. The Morgan fingerprint density at radius 3 is 2.48 bits per heavy atom. The molecule has 21 heavy (non-hydrogen) atoms. The van der Waals surface area contributed by atoms with Gasteiger partial charge in [-0.15, -0.1) is 0 Å². The minimum absolute atomic E-state index is 0.353. The SMILES string of the molecule is CC1COc2ccc(C(Br)C3(C)CCCCC3)cc2OC1. The zero-order valence-electron chi connectivity index (χ0n) is 13.0. The summed E-state index contributed by atoms with van der Waals surface area (Å²) in [6.45, 7) is 6.04. The molecule has 1 aromatic rings. The Morgan fingerprint density at radius 2 is 1.76 bits per heavy atom. The highest BCUT2D eigenvalue weighted by atomic mass is 79.9. The summed E-state index contributed by atoms with van der Waals surface area (Å²) in [6, 6.07) is 6.44. The lowest BCUT2D eigenvalue weighted by Crippen LogP contribution is -2.25. The maximum atomic E-state index is 5.93. The van der Waals surface area contributed by atoms with Crippen molar-refractivity contribution in [3.05, 3.63) is 23.8 Å². The summed E-state index contributed by atoms with van der Waals surface area (Å²) in [4.78, 5) is 0.389. The maximum absolute atomic E-state index is 5.93. The fraction of sp³-hybridized carbons (Fsp3) is 0.667. The van der Waals surface area contributed by atoms with Crippen molar-refractivity contribution in [1.29, 1.82) is 0 Å². The van der Waals surface area contributed by atoms with Gasteiger partial charge in [-0.1, -0.05) is 55.1 Å². The van der Waals surface area contributed by atoms with Crippen LogP contribution >= 0.6 is 15.9 Å². The molecule has 0 amide bonds. The highest BCUT2D eigenvalue weighted by Crippen LogP contribution is 2.51. The molecule has 0 saturated heterocycles. The summed E-state index contributed by atoms with van der Waals surface area (Å²) < 4.78 is 11.8. The second-order valence-corrected chi connectivity index (χ2v) is 7.93. The molecule has 2 aliphatic rings. The fourth-order valence-electron chi connectivity index (χ4n) is 3.44. The van der Waals surface area contributed by atoms with Gasteiger partial charge < -0.3 is 9.47 Å². The van der Waals surface area contributed by atoms with Crippen LogP contribution in [0.3, 0.4) is 0 Å². The van der Waals surface area contributed by atoms with Gasteiger partial charge in [0.25, 0.3) is 0 Å². The fourth-order valence-corrected chi connectivity index (χ4v) is 4.18. The summed E-state index contributed by atoms with van der Waals surface area (Å²) in [5, 5.41) is 0. The second kappa shape index (κ2) is 6.20. The molecule has 2 atom stereocenters. The molecule has 1 fully saturated rings. The Bertz CT molecular complexity index is 494. The molecule has 1 heterocycles. The molecule has 0 aromatic heterocycles. The molecule has 0 bridgehead atoms. The van der Waals surface area contributed by atoms with E-state index in [4.69, 9.17) is 9.47 Å². The molecule has 1 aliphatic heterocycles. The summed E-state index contributed by atoms with van der Waals surface area (Å²) >= 11 is 3.97. The second-order valence-electron chi connectivity index (χ2n) is 7.01. The summed E-state index contributed by atoms with van der Waals surface area (Å²) in [6.07, 6.45) is 6.68. The highest BCUT2D eigenvalue weighted by molar-refractivity contribution is 9.09. The first-order valence-corrected chi connectivity index (χ1v) is 9.04. The Morgan fingerprint density at radius 1 is 1.10 bits per heavy atom. The van der Waals surface area contributed by atoms with Gasteiger partial charge in [0.15, 0.2) is 11.5 Å². The van der Waals surface area contributed by atoms with Gasteiger partial charge in [-0.25, -0.2) is 0 Å². The summed E-state index contributed by atoms with van der Waals surface area (Å²) in [5.74, 6) is 2.23. The number of hydrogen-bond acceptors (Lipinski definition) is 2. The third-order valence-corrected chi connectivity index (χ3v) is 6.55. The van der Waals surface area contributed by atoms with Gasteiger partial charge in [0.1, 0.15) is 0 Å². The van der Waals surface area contributed by atoms with E-state index in [1.54, 1.807) is 0 Å². The smallest absolute Gasteiger partial charge is 0.161 e. The van der Waals surface area contributed by atoms with Crippen LogP contribution in [0.25, 0.3) is 0 Å². The minimum Gasteiger partial charge on any atom is -0.489 e. The number of halogens is 1. The molecule has 3 heteroatoms. The molecule has 0 N–H and O–H groups in total. The number of benzene rings is 1. The summed E-state index contributed by atoms with van der Waals surface area (Å²) in [5.41, 5.74) is 1.67. The van der Waals surface area contributed by atoms with Crippen molar-refractivity contribution in [3.8, 4) is 11.5 Å². The lowest BCUT2D eigenvalue weighted by atomic mass is 9.72. The average Bonchev–Trinajstić information content (AvgIpc) is 2.69. The van der Waals surface area contributed by atoms with Crippen LogP contribution in [-0.4, -0.2) is 13.2 Å². The zero-order chi connectivity index (χ0) is 14.9. The average molecular weight is 353 g/mol. The standard InChI is InChI=1S/C18H25BrO2/c1-13-11-20-15-7-6-14(10-16(15)21-12-13)17(19)18(2)8-4-3-5-9-18/h6-7,10,13,17H,3-5,8-9,11-12H2,1-2H3. The van der Waals surface area contributed by atoms with Crippen LogP contribution in [0.5, 0.6) is 11.5 Å². The van der Waals surface area contributed by atoms with Crippen molar-refractivity contribution < 1.29 is 9.47 Å². The van der Waals surface area contributed by atoms with Crippen molar-refractivity contribution in [2.75, 3.05) is 13.2 Å². The Hall–Kier alpha value is -0.700. The minimum atomic E-state index is 0.353. The molecule has 1 aromatic carbocycles. The van der Waals surface area contributed by atoms with Crippen molar-refractivity contribution in [3.63, 3.8) is 0 Å². The first-order valence-electron chi connectivity index (χ1n) is 8.12. The van der Waals surface area contributed by atoms with Crippen molar-refractivity contribution in [2.24, 2.45) is 11.3 Å². The molecule has 0 spiro atoms. The van der Waals surface area contributed by atoms with Gasteiger partial charge in [0, 0.05) is 10.7 Å². The van der Waals surface area contributed by atoms with E-state index in [1.807, 2.05) is 0 Å². The van der Waals surface area contributed by atoms with Gasteiger partial charge in [-0.3, -0.25) is 0 Å².